The zero-order valence-corrected chi connectivity index (χ0v) is 11.2. The van der Waals surface area contributed by atoms with E-state index in [4.69, 9.17) is 16.3 Å². The standard InChI is InChI=1S/C11H13ClO2S2/c12-11-4-3-10(16-11)9(13)7-15-6-8-2-1-5-14-8/h3-4,8H,1-2,5-7H2. The Bertz CT molecular complexity index is 359. The van der Waals surface area contributed by atoms with Gasteiger partial charge in [0.1, 0.15) is 0 Å². The van der Waals surface area contributed by atoms with Gasteiger partial charge in [0, 0.05) is 12.4 Å². The first kappa shape index (κ1) is 12.4. The molecule has 0 bridgehead atoms. The predicted molar refractivity (Wildman–Crippen MR) is 70.0 cm³/mol. The average molecular weight is 277 g/mol. The van der Waals surface area contributed by atoms with Gasteiger partial charge in [-0.2, -0.15) is 11.8 Å². The second-order valence-corrected chi connectivity index (χ2v) is 6.42. The summed E-state index contributed by atoms with van der Waals surface area (Å²) in [6, 6.07) is 3.56. The molecule has 1 fully saturated rings. The van der Waals surface area contributed by atoms with E-state index in [1.807, 2.05) is 0 Å². The molecule has 2 rings (SSSR count). The van der Waals surface area contributed by atoms with Gasteiger partial charge in [-0.1, -0.05) is 11.6 Å². The van der Waals surface area contributed by atoms with Crippen molar-refractivity contribution in [3.63, 3.8) is 0 Å². The van der Waals surface area contributed by atoms with Crippen molar-refractivity contribution < 1.29 is 9.53 Å². The Kier molecular flexibility index (Phi) is 4.70. The first-order valence-electron chi connectivity index (χ1n) is 5.23. The van der Waals surface area contributed by atoms with Gasteiger partial charge in [0.05, 0.1) is 21.1 Å². The molecule has 0 aromatic carbocycles. The number of carbonyl (C=O) groups is 1. The molecule has 1 atom stereocenters. The number of Topliss-reactive ketones (excluding diaryl/α,β-unsaturated/α-hetero) is 1. The summed E-state index contributed by atoms with van der Waals surface area (Å²) in [5, 5.41) is 0. The van der Waals surface area contributed by atoms with Crippen LogP contribution in [0.3, 0.4) is 0 Å². The van der Waals surface area contributed by atoms with Gasteiger partial charge in [-0.05, 0) is 25.0 Å². The molecule has 1 saturated heterocycles. The summed E-state index contributed by atoms with van der Waals surface area (Å²) in [6.45, 7) is 0.875. The summed E-state index contributed by atoms with van der Waals surface area (Å²) in [5.41, 5.74) is 0. The highest BCUT2D eigenvalue weighted by Crippen LogP contribution is 2.23. The zero-order chi connectivity index (χ0) is 11.4. The molecule has 1 aliphatic heterocycles. The van der Waals surface area contributed by atoms with Crippen LogP contribution in [0.1, 0.15) is 22.5 Å². The zero-order valence-electron chi connectivity index (χ0n) is 8.78. The minimum absolute atomic E-state index is 0.167. The van der Waals surface area contributed by atoms with E-state index >= 15 is 0 Å². The smallest absolute Gasteiger partial charge is 0.182 e. The Morgan fingerprint density at radius 2 is 2.50 bits per heavy atom. The van der Waals surface area contributed by atoms with Gasteiger partial charge in [0.25, 0.3) is 0 Å². The molecule has 0 radical (unpaired) electrons. The lowest BCUT2D eigenvalue weighted by atomic mass is 10.3. The molecule has 0 aliphatic carbocycles. The molecule has 88 valence electrons. The number of ether oxygens (including phenoxy) is 1. The average Bonchev–Trinajstić information content (AvgIpc) is 2.89. The topological polar surface area (TPSA) is 26.3 Å². The fraction of sp³-hybridized carbons (Fsp3) is 0.545. The third kappa shape index (κ3) is 3.48. The van der Waals surface area contributed by atoms with Gasteiger partial charge in [-0.15, -0.1) is 11.3 Å². The third-order valence-electron chi connectivity index (χ3n) is 2.41. The first-order chi connectivity index (χ1) is 7.75. The maximum atomic E-state index is 11.7. The molecule has 1 aliphatic rings. The Balaban J connectivity index is 1.71. The number of thioether (sulfide) groups is 1. The number of thiophene rings is 1. The molecule has 2 heterocycles. The highest BCUT2D eigenvalue weighted by Gasteiger charge is 2.16. The van der Waals surface area contributed by atoms with Gasteiger partial charge >= 0.3 is 0 Å². The molecular weight excluding hydrogens is 264 g/mol. The van der Waals surface area contributed by atoms with Gasteiger partial charge in [-0.25, -0.2) is 0 Å². The number of halogens is 1. The lowest BCUT2D eigenvalue weighted by Gasteiger charge is -2.07. The van der Waals surface area contributed by atoms with Crippen LogP contribution in [-0.4, -0.2) is 30.0 Å². The Morgan fingerprint density at radius 1 is 1.62 bits per heavy atom. The number of hydrogen-bond donors (Lipinski definition) is 0. The van der Waals surface area contributed by atoms with E-state index in [1.165, 1.54) is 11.3 Å². The van der Waals surface area contributed by atoms with Gasteiger partial charge in [0.2, 0.25) is 0 Å². The highest BCUT2D eigenvalue weighted by molar-refractivity contribution is 8.00. The normalized spacial score (nSPS) is 20.2. The minimum Gasteiger partial charge on any atom is -0.377 e. The van der Waals surface area contributed by atoms with Crippen molar-refractivity contribution in [2.45, 2.75) is 18.9 Å². The summed E-state index contributed by atoms with van der Waals surface area (Å²) in [5.74, 6) is 1.61. The van der Waals surface area contributed by atoms with E-state index in [9.17, 15) is 4.79 Å². The van der Waals surface area contributed by atoms with Crippen molar-refractivity contribution in [2.75, 3.05) is 18.1 Å². The van der Waals surface area contributed by atoms with E-state index in [0.29, 0.717) is 16.2 Å². The monoisotopic (exact) mass is 276 g/mol. The molecule has 0 amide bonds. The molecular formula is C11H13ClO2S2. The van der Waals surface area contributed by atoms with Gasteiger partial charge in [-0.3, -0.25) is 4.79 Å². The van der Waals surface area contributed by atoms with Crippen molar-refractivity contribution in [3.05, 3.63) is 21.3 Å². The molecule has 2 nitrogen and oxygen atoms in total. The van der Waals surface area contributed by atoms with Crippen LogP contribution in [0.4, 0.5) is 0 Å². The molecule has 0 spiro atoms. The van der Waals surface area contributed by atoms with E-state index in [2.05, 4.69) is 0 Å². The van der Waals surface area contributed by atoms with E-state index < -0.39 is 0 Å². The maximum absolute atomic E-state index is 11.7. The van der Waals surface area contributed by atoms with Crippen molar-refractivity contribution in [1.82, 2.24) is 0 Å². The van der Waals surface area contributed by atoms with Crippen LogP contribution in [0.15, 0.2) is 12.1 Å². The Labute approximate surface area is 108 Å². The van der Waals surface area contributed by atoms with Crippen LogP contribution in [0.5, 0.6) is 0 Å². The number of ketones is 1. The Morgan fingerprint density at radius 3 is 3.12 bits per heavy atom. The second kappa shape index (κ2) is 6.05. The maximum Gasteiger partial charge on any atom is 0.182 e. The molecule has 1 aromatic heterocycles. The third-order valence-corrected chi connectivity index (χ3v) is 4.75. The fourth-order valence-electron chi connectivity index (χ4n) is 1.59. The van der Waals surface area contributed by atoms with Gasteiger partial charge < -0.3 is 4.74 Å². The summed E-state index contributed by atoms with van der Waals surface area (Å²) < 4.78 is 6.17. The van der Waals surface area contributed by atoms with Crippen LogP contribution in [0.25, 0.3) is 0 Å². The summed E-state index contributed by atoms with van der Waals surface area (Å²) >= 11 is 8.78. The molecule has 0 saturated carbocycles. The van der Waals surface area contributed by atoms with Crippen LogP contribution in [-0.2, 0) is 4.74 Å². The summed E-state index contributed by atoms with van der Waals surface area (Å²) in [7, 11) is 0. The fourth-order valence-corrected chi connectivity index (χ4v) is 3.65. The lowest BCUT2D eigenvalue weighted by Crippen LogP contribution is -2.10. The SMILES string of the molecule is O=C(CSCC1CCCO1)c1ccc(Cl)s1. The van der Waals surface area contributed by atoms with Crippen molar-refractivity contribution in [1.29, 1.82) is 0 Å². The molecule has 1 unspecified atom stereocenters. The van der Waals surface area contributed by atoms with E-state index in [-0.39, 0.29) is 5.78 Å². The second-order valence-electron chi connectivity index (χ2n) is 3.68. The number of hydrogen-bond acceptors (Lipinski definition) is 4. The largest absolute Gasteiger partial charge is 0.377 e. The molecule has 1 aromatic rings. The summed E-state index contributed by atoms with van der Waals surface area (Å²) in [4.78, 5) is 12.5. The van der Waals surface area contributed by atoms with Gasteiger partial charge in [0.15, 0.2) is 5.78 Å². The molecule has 5 heteroatoms. The molecule has 0 N–H and O–H groups in total. The lowest BCUT2D eigenvalue weighted by molar-refractivity contribution is 0.102. The summed E-state index contributed by atoms with van der Waals surface area (Å²) in [6.07, 6.45) is 2.64. The molecule has 16 heavy (non-hydrogen) atoms. The van der Waals surface area contributed by atoms with E-state index in [1.54, 1.807) is 23.9 Å². The minimum atomic E-state index is 0.167. The van der Waals surface area contributed by atoms with Crippen LogP contribution < -0.4 is 0 Å². The predicted octanol–water partition coefficient (Wildman–Crippen LogP) is 3.50. The van der Waals surface area contributed by atoms with Crippen molar-refractivity contribution in [2.24, 2.45) is 0 Å². The van der Waals surface area contributed by atoms with Crippen LogP contribution in [0.2, 0.25) is 4.34 Å². The number of carbonyl (C=O) groups excluding carboxylic acids is 1. The van der Waals surface area contributed by atoms with Crippen LogP contribution >= 0.6 is 34.7 Å². The Hall–Kier alpha value is -0.0300. The first-order valence-corrected chi connectivity index (χ1v) is 7.58. The number of rotatable bonds is 5. The van der Waals surface area contributed by atoms with Crippen LogP contribution in [0, 0.1) is 0 Å². The van der Waals surface area contributed by atoms with E-state index in [0.717, 1.165) is 30.1 Å². The highest BCUT2D eigenvalue weighted by atomic mass is 35.5. The quantitative estimate of drug-likeness (QED) is 0.770. The van der Waals surface area contributed by atoms with Crippen molar-refractivity contribution >= 4 is 40.5 Å². The van der Waals surface area contributed by atoms with Crippen molar-refractivity contribution in [3.8, 4) is 0 Å².